The van der Waals surface area contributed by atoms with Gasteiger partial charge in [-0.3, -0.25) is 14.4 Å². The molecule has 0 saturated carbocycles. The molecule has 65 heavy (non-hydrogen) atoms. The number of esters is 3. The topological polar surface area (TPSA) is 78.9 Å². The molecule has 372 valence electrons. The van der Waals surface area contributed by atoms with Crippen molar-refractivity contribution in [2.24, 2.45) is 0 Å². The van der Waals surface area contributed by atoms with Crippen LogP contribution in [0.15, 0.2) is 85.1 Å². The van der Waals surface area contributed by atoms with Crippen LogP contribution in [0.2, 0.25) is 0 Å². The number of ether oxygens (including phenoxy) is 3. The Hall–Kier alpha value is -3.41. The van der Waals surface area contributed by atoms with Crippen LogP contribution < -0.4 is 0 Å². The zero-order chi connectivity index (χ0) is 47.2. The summed E-state index contributed by atoms with van der Waals surface area (Å²) in [6.07, 6.45) is 68.4. The Morgan fingerprint density at radius 1 is 0.308 bits per heavy atom. The average Bonchev–Trinajstić information content (AvgIpc) is 3.30. The van der Waals surface area contributed by atoms with Crippen molar-refractivity contribution in [3.8, 4) is 0 Å². The predicted octanol–water partition coefficient (Wildman–Crippen LogP) is 18.0. The van der Waals surface area contributed by atoms with E-state index in [-0.39, 0.29) is 31.1 Å². The van der Waals surface area contributed by atoms with Gasteiger partial charge in [0.2, 0.25) is 0 Å². The lowest BCUT2D eigenvalue weighted by molar-refractivity contribution is -0.167. The molecule has 0 aromatic heterocycles. The van der Waals surface area contributed by atoms with Gasteiger partial charge in [0, 0.05) is 19.3 Å². The van der Waals surface area contributed by atoms with Crippen LogP contribution in [0.5, 0.6) is 0 Å². The van der Waals surface area contributed by atoms with Crippen molar-refractivity contribution >= 4 is 17.9 Å². The Bertz CT molecular complexity index is 1270. The molecule has 0 aromatic carbocycles. The van der Waals surface area contributed by atoms with Crippen molar-refractivity contribution in [3.05, 3.63) is 85.1 Å². The fourth-order valence-electron chi connectivity index (χ4n) is 7.22. The van der Waals surface area contributed by atoms with E-state index in [9.17, 15) is 14.4 Å². The van der Waals surface area contributed by atoms with Crippen molar-refractivity contribution in [2.45, 2.75) is 258 Å². The zero-order valence-electron chi connectivity index (χ0n) is 42.5. The fraction of sp³-hybridized carbons (Fsp3) is 0.712. The lowest BCUT2D eigenvalue weighted by Crippen LogP contribution is -2.30. The van der Waals surface area contributed by atoms with Gasteiger partial charge >= 0.3 is 17.9 Å². The van der Waals surface area contributed by atoms with Gasteiger partial charge in [-0.1, -0.05) is 202 Å². The van der Waals surface area contributed by atoms with E-state index in [2.05, 4.69) is 106 Å². The minimum Gasteiger partial charge on any atom is -0.462 e. The number of hydrogen-bond donors (Lipinski definition) is 0. The first kappa shape index (κ1) is 61.6. The van der Waals surface area contributed by atoms with E-state index in [4.69, 9.17) is 14.2 Å². The van der Waals surface area contributed by atoms with Crippen LogP contribution in [0.25, 0.3) is 0 Å². The fourth-order valence-corrected chi connectivity index (χ4v) is 7.22. The summed E-state index contributed by atoms with van der Waals surface area (Å²) in [5, 5.41) is 0. The van der Waals surface area contributed by atoms with Gasteiger partial charge in [-0.05, 0) is 116 Å². The molecule has 1 atom stereocenters. The van der Waals surface area contributed by atoms with Crippen LogP contribution in [0.3, 0.4) is 0 Å². The highest BCUT2D eigenvalue weighted by Gasteiger charge is 2.19. The standard InChI is InChI=1S/C59H100O6/c1-4-7-10-13-16-19-22-25-27-28-29-30-32-34-37-40-43-46-49-52-58(61)64-55-56(54-63-57(60)51-48-45-42-39-36-33-24-21-18-15-12-9-6-3)65-59(62)53-50-47-44-41-38-35-31-26-23-20-17-14-11-8-5-2/h12,15-17,19-21,24-27,29-31,56H,4-11,13-14,18,22-23,28,32-55H2,1-3H3/b15-12-,19-16-,20-17-,24-21-,27-25-,30-29-,31-26-. The smallest absolute Gasteiger partial charge is 0.306 e. The second kappa shape index (κ2) is 53.2. The van der Waals surface area contributed by atoms with Gasteiger partial charge in [-0.2, -0.15) is 0 Å². The van der Waals surface area contributed by atoms with Gasteiger partial charge in [0.1, 0.15) is 13.2 Å². The SMILES string of the molecule is CCC/C=C\C/C=C\CCCCCCCC(=O)OCC(COC(=O)CCCCCCCC/C=C\C/C=C\C/C=C\CCCCC)OC(=O)CCCCCCC/C=C\C/C=C\CCCCC. The first-order chi connectivity index (χ1) is 32.0. The summed E-state index contributed by atoms with van der Waals surface area (Å²) >= 11 is 0. The van der Waals surface area contributed by atoms with Crippen LogP contribution in [0.1, 0.15) is 252 Å². The molecule has 0 bridgehead atoms. The summed E-state index contributed by atoms with van der Waals surface area (Å²) in [7, 11) is 0. The maximum atomic E-state index is 12.8. The van der Waals surface area contributed by atoms with Crippen LogP contribution >= 0.6 is 0 Å². The van der Waals surface area contributed by atoms with E-state index < -0.39 is 6.10 Å². The number of carbonyl (C=O) groups is 3. The van der Waals surface area contributed by atoms with E-state index in [1.165, 1.54) is 77.0 Å². The molecule has 1 unspecified atom stereocenters. The normalized spacial score (nSPS) is 12.7. The minimum atomic E-state index is -0.795. The molecule has 0 spiro atoms. The molecule has 0 fully saturated rings. The third-order valence-electron chi connectivity index (χ3n) is 11.3. The number of allylic oxidation sites excluding steroid dienone is 14. The monoisotopic (exact) mass is 905 g/mol. The van der Waals surface area contributed by atoms with Gasteiger partial charge < -0.3 is 14.2 Å². The largest absolute Gasteiger partial charge is 0.462 e. The van der Waals surface area contributed by atoms with Gasteiger partial charge in [-0.25, -0.2) is 0 Å². The number of unbranched alkanes of at least 4 members (excludes halogenated alkanes) is 23. The molecule has 0 aliphatic heterocycles. The highest BCUT2D eigenvalue weighted by molar-refractivity contribution is 5.71. The number of hydrogen-bond acceptors (Lipinski definition) is 6. The van der Waals surface area contributed by atoms with Gasteiger partial charge in [-0.15, -0.1) is 0 Å². The van der Waals surface area contributed by atoms with Crippen LogP contribution in [0, 0.1) is 0 Å². The first-order valence-corrected chi connectivity index (χ1v) is 27.1. The van der Waals surface area contributed by atoms with Gasteiger partial charge in [0.15, 0.2) is 6.10 Å². The molecular formula is C59H100O6. The number of carbonyl (C=O) groups excluding carboxylic acids is 3. The third-order valence-corrected chi connectivity index (χ3v) is 11.3. The highest BCUT2D eigenvalue weighted by atomic mass is 16.6. The summed E-state index contributed by atoms with van der Waals surface area (Å²) in [6.45, 7) is 6.49. The second-order valence-corrected chi connectivity index (χ2v) is 17.8. The van der Waals surface area contributed by atoms with E-state index in [0.29, 0.717) is 19.3 Å². The Labute approximate surface area is 401 Å². The Kier molecular flexibility index (Phi) is 50.4. The molecule has 0 aliphatic rings. The quantitative estimate of drug-likeness (QED) is 0.0262. The summed E-state index contributed by atoms with van der Waals surface area (Å²) < 4.78 is 16.8. The molecule has 0 rings (SSSR count). The summed E-state index contributed by atoms with van der Waals surface area (Å²) in [5.74, 6) is -0.933. The molecule has 0 saturated heterocycles. The molecule has 0 aliphatic carbocycles. The van der Waals surface area contributed by atoms with E-state index in [1.807, 2.05) is 0 Å². The molecule has 0 aromatic rings. The van der Waals surface area contributed by atoms with Gasteiger partial charge in [0.05, 0.1) is 0 Å². The van der Waals surface area contributed by atoms with Crippen molar-refractivity contribution in [1.29, 1.82) is 0 Å². The van der Waals surface area contributed by atoms with Crippen LogP contribution in [-0.4, -0.2) is 37.2 Å². The maximum Gasteiger partial charge on any atom is 0.306 e. The Morgan fingerprint density at radius 2 is 0.585 bits per heavy atom. The average molecular weight is 905 g/mol. The molecule has 0 radical (unpaired) electrons. The lowest BCUT2D eigenvalue weighted by atomic mass is 10.1. The summed E-state index contributed by atoms with van der Waals surface area (Å²) in [4.78, 5) is 38.0. The number of rotatable bonds is 48. The van der Waals surface area contributed by atoms with Crippen molar-refractivity contribution in [1.82, 2.24) is 0 Å². The van der Waals surface area contributed by atoms with E-state index in [0.717, 1.165) is 135 Å². The molecule has 6 nitrogen and oxygen atoms in total. The predicted molar refractivity (Wildman–Crippen MR) is 279 cm³/mol. The van der Waals surface area contributed by atoms with Gasteiger partial charge in [0.25, 0.3) is 0 Å². The van der Waals surface area contributed by atoms with Crippen molar-refractivity contribution in [3.63, 3.8) is 0 Å². The summed E-state index contributed by atoms with van der Waals surface area (Å²) in [5.41, 5.74) is 0. The Balaban J connectivity index is 4.44. The molecule has 6 heteroatoms. The summed E-state index contributed by atoms with van der Waals surface area (Å²) in [6, 6.07) is 0. The van der Waals surface area contributed by atoms with E-state index >= 15 is 0 Å². The lowest BCUT2D eigenvalue weighted by Gasteiger charge is -2.18. The molecule has 0 heterocycles. The second-order valence-electron chi connectivity index (χ2n) is 17.8. The molecule has 0 amide bonds. The zero-order valence-corrected chi connectivity index (χ0v) is 42.5. The maximum absolute atomic E-state index is 12.8. The highest BCUT2D eigenvalue weighted by Crippen LogP contribution is 2.14. The third kappa shape index (κ3) is 51.4. The van der Waals surface area contributed by atoms with Crippen molar-refractivity contribution in [2.75, 3.05) is 13.2 Å². The van der Waals surface area contributed by atoms with E-state index in [1.54, 1.807) is 0 Å². The first-order valence-electron chi connectivity index (χ1n) is 27.1. The molecule has 0 N–H and O–H groups in total. The van der Waals surface area contributed by atoms with Crippen LogP contribution in [-0.2, 0) is 28.6 Å². The van der Waals surface area contributed by atoms with Crippen LogP contribution in [0.4, 0.5) is 0 Å². The Morgan fingerprint density at radius 3 is 0.923 bits per heavy atom. The molecular weight excluding hydrogens is 805 g/mol. The minimum absolute atomic E-state index is 0.0943. The van der Waals surface area contributed by atoms with Crippen molar-refractivity contribution < 1.29 is 28.6 Å².